The van der Waals surface area contributed by atoms with E-state index in [4.69, 9.17) is 9.41 Å². The summed E-state index contributed by atoms with van der Waals surface area (Å²) in [6, 6.07) is 56.9. The molecule has 0 amide bonds. The van der Waals surface area contributed by atoms with Crippen LogP contribution in [-0.2, 0) is 5.41 Å². The molecule has 8 aromatic rings. The van der Waals surface area contributed by atoms with Gasteiger partial charge in [-0.15, -0.1) is 0 Å². The second-order valence-corrected chi connectivity index (χ2v) is 13.0. The molecular formula is C45H28N2O. The number of hydrogen-bond donors (Lipinski definition) is 1. The second-order valence-electron chi connectivity index (χ2n) is 13.0. The summed E-state index contributed by atoms with van der Waals surface area (Å²) in [5, 5.41) is 6.09. The zero-order valence-electron chi connectivity index (χ0n) is 25.9. The number of rotatable bonds is 2. The molecule has 3 aliphatic rings. The van der Waals surface area contributed by atoms with Crippen LogP contribution in [0.2, 0.25) is 0 Å². The molecule has 7 aromatic carbocycles. The highest BCUT2D eigenvalue weighted by Gasteiger charge is 2.52. The third-order valence-corrected chi connectivity index (χ3v) is 10.7. The fraction of sp³-hybridized carbons (Fsp3) is 0.0444. The number of furan rings is 1. The van der Waals surface area contributed by atoms with Crippen molar-refractivity contribution >= 4 is 33.3 Å². The monoisotopic (exact) mass is 612 g/mol. The number of nitrogens with one attached hydrogen (secondary N) is 1. The quantitative estimate of drug-likeness (QED) is 0.211. The van der Waals surface area contributed by atoms with Crippen molar-refractivity contribution in [1.82, 2.24) is 0 Å². The van der Waals surface area contributed by atoms with Crippen LogP contribution in [0.1, 0.15) is 45.1 Å². The van der Waals surface area contributed by atoms with Crippen molar-refractivity contribution in [2.24, 2.45) is 4.99 Å². The Labute approximate surface area is 277 Å². The van der Waals surface area contributed by atoms with Crippen LogP contribution in [0, 0.1) is 0 Å². The Hall–Kier alpha value is -6.19. The van der Waals surface area contributed by atoms with Crippen molar-refractivity contribution < 1.29 is 4.42 Å². The molecule has 1 aromatic heterocycles. The van der Waals surface area contributed by atoms with Gasteiger partial charge in [0.25, 0.3) is 0 Å². The van der Waals surface area contributed by atoms with Crippen molar-refractivity contribution in [3.8, 4) is 22.3 Å². The molecule has 11 rings (SSSR count). The smallest absolute Gasteiger partial charge is 0.145 e. The minimum Gasteiger partial charge on any atom is -0.455 e. The van der Waals surface area contributed by atoms with Crippen molar-refractivity contribution in [2.45, 2.75) is 11.6 Å². The molecule has 2 heterocycles. The molecule has 1 spiro atoms. The molecule has 3 heteroatoms. The zero-order chi connectivity index (χ0) is 31.4. The summed E-state index contributed by atoms with van der Waals surface area (Å²) >= 11 is 0. The molecule has 0 fully saturated rings. The Morgan fingerprint density at radius 1 is 0.521 bits per heavy atom. The van der Waals surface area contributed by atoms with Gasteiger partial charge in [-0.25, -0.2) is 0 Å². The van der Waals surface area contributed by atoms with Crippen LogP contribution >= 0.6 is 0 Å². The van der Waals surface area contributed by atoms with E-state index >= 15 is 0 Å². The summed E-state index contributed by atoms with van der Waals surface area (Å²) in [6.07, 6.45) is -0.241. The maximum Gasteiger partial charge on any atom is 0.145 e. The fourth-order valence-electron chi connectivity index (χ4n) is 8.77. The minimum atomic E-state index is -0.487. The van der Waals surface area contributed by atoms with Crippen LogP contribution in [0.25, 0.3) is 44.2 Å². The third kappa shape index (κ3) is 3.25. The number of benzene rings is 7. The highest BCUT2D eigenvalue weighted by Crippen LogP contribution is 2.64. The number of aliphatic imine (C=N–C) groups is 1. The summed E-state index contributed by atoms with van der Waals surface area (Å²) in [5.41, 5.74) is 17.0. The maximum absolute atomic E-state index is 6.71. The molecule has 0 saturated heterocycles. The van der Waals surface area contributed by atoms with Gasteiger partial charge >= 0.3 is 0 Å². The van der Waals surface area contributed by atoms with Gasteiger partial charge in [0, 0.05) is 33.2 Å². The van der Waals surface area contributed by atoms with Crippen LogP contribution in [-0.4, -0.2) is 5.71 Å². The maximum atomic E-state index is 6.71. The van der Waals surface area contributed by atoms with Crippen molar-refractivity contribution in [3.05, 3.63) is 197 Å². The van der Waals surface area contributed by atoms with E-state index in [9.17, 15) is 0 Å². The van der Waals surface area contributed by atoms with E-state index in [1.807, 2.05) is 0 Å². The van der Waals surface area contributed by atoms with E-state index < -0.39 is 5.41 Å². The highest BCUT2D eigenvalue weighted by molar-refractivity contribution is 6.17. The van der Waals surface area contributed by atoms with Gasteiger partial charge < -0.3 is 9.73 Å². The predicted molar refractivity (Wildman–Crippen MR) is 195 cm³/mol. The minimum absolute atomic E-state index is 0.241. The molecule has 2 atom stereocenters. The lowest BCUT2D eigenvalue weighted by Gasteiger charge is -2.31. The number of fused-ring (bicyclic) bond motifs is 15. The standard InChI is InChI=1S/C45H28N2O/c1-2-12-27(13-3-1)42-34-17-6-10-20-39(34)46-44(47-42)28-22-23-30-29-14-4-8-18-35(29)45(38(30)26-28)36-19-9-5-16-33(36)41-37(45)25-24-32-31-15-7-11-21-40(31)48-43(32)41/h1-26,44,46H. The van der Waals surface area contributed by atoms with Gasteiger partial charge in [-0.2, -0.15) is 0 Å². The summed E-state index contributed by atoms with van der Waals surface area (Å²) < 4.78 is 6.71. The van der Waals surface area contributed by atoms with E-state index in [-0.39, 0.29) is 6.17 Å². The second kappa shape index (κ2) is 9.43. The van der Waals surface area contributed by atoms with E-state index in [1.165, 1.54) is 44.5 Å². The molecule has 0 bridgehead atoms. The zero-order valence-corrected chi connectivity index (χ0v) is 25.9. The lowest BCUT2D eigenvalue weighted by molar-refractivity contribution is 0.669. The van der Waals surface area contributed by atoms with E-state index in [2.05, 4.69) is 163 Å². The largest absolute Gasteiger partial charge is 0.455 e. The summed E-state index contributed by atoms with van der Waals surface area (Å²) in [6.45, 7) is 0. The Bertz CT molecular complexity index is 2670. The SMILES string of the molecule is c1ccc(C2=NC(c3ccc4c(c3)C3(c5ccccc5-4)c4ccccc4-c4c3ccc3c4oc4ccccc43)Nc3ccccc32)cc1. The van der Waals surface area contributed by atoms with Gasteiger partial charge in [0.2, 0.25) is 0 Å². The van der Waals surface area contributed by atoms with Gasteiger partial charge in [-0.1, -0.05) is 140 Å². The first-order valence-corrected chi connectivity index (χ1v) is 16.6. The fourth-order valence-corrected chi connectivity index (χ4v) is 8.77. The van der Waals surface area contributed by atoms with Crippen molar-refractivity contribution in [2.75, 3.05) is 5.32 Å². The molecule has 224 valence electrons. The molecule has 0 radical (unpaired) electrons. The van der Waals surface area contributed by atoms with Gasteiger partial charge in [0.15, 0.2) is 0 Å². The van der Waals surface area contributed by atoms with Crippen LogP contribution in [0.3, 0.4) is 0 Å². The average molecular weight is 613 g/mol. The predicted octanol–water partition coefficient (Wildman–Crippen LogP) is 10.9. The lowest BCUT2D eigenvalue weighted by Crippen LogP contribution is -2.26. The Morgan fingerprint density at radius 3 is 2.08 bits per heavy atom. The van der Waals surface area contributed by atoms with E-state index in [1.54, 1.807) is 0 Å². The van der Waals surface area contributed by atoms with E-state index in [0.29, 0.717) is 0 Å². The van der Waals surface area contributed by atoms with Crippen LogP contribution in [0.15, 0.2) is 167 Å². The van der Waals surface area contributed by atoms with Gasteiger partial charge in [0.05, 0.1) is 11.1 Å². The highest BCUT2D eigenvalue weighted by atomic mass is 16.3. The van der Waals surface area contributed by atoms with Crippen LogP contribution in [0.5, 0.6) is 0 Å². The number of nitrogens with zero attached hydrogens (tertiary/aromatic N) is 1. The molecule has 1 aliphatic heterocycles. The summed E-state index contributed by atoms with van der Waals surface area (Å²) in [7, 11) is 0. The Balaban J connectivity index is 1.19. The van der Waals surface area contributed by atoms with Crippen LogP contribution < -0.4 is 5.32 Å². The first-order chi connectivity index (χ1) is 23.8. The molecular weight excluding hydrogens is 585 g/mol. The Morgan fingerprint density at radius 2 is 1.21 bits per heavy atom. The van der Waals surface area contributed by atoms with Crippen molar-refractivity contribution in [3.63, 3.8) is 0 Å². The van der Waals surface area contributed by atoms with Crippen LogP contribution in [0.4, 0.5) is 5.69 Å². The number of para-hydroxylation sites is 2. The lowest BCUT2D eigenvalue weighted by atomic mass is 9.70. The topological polar surface area (TPSA) is 37.5 Å². The first-order valence-electron chi connectivity index (χ1n) is 16.6. The number of anilines is 1. The van der Waals surface area contributed by atoms with Gasteiger partial charge in [-0.05, 0) is 62.7 Å². The molecule has 1 N–H and O–H groups in total. The van der Waals surface area contributed by atoms with Gasteiger partial charge in [0.1, 0.15) is 17.3 Å². The number of hydrogen-bond acceptors (Lipinski definition) is 3. The summed E-state index contributed by atoms with van der Waals surface area (Å²) in [5.74, 6) is 0. The molecule has 2 aliphatic carbocycles. The Kier molecular flexibility index (Phi) is 5.10. The van der Waals surface area contributed by atoms with Crippen molar-refractivity contribution in [1.29, 1.82) is 0 Å². The molecule has 48 heavy (non-hydrogen) atoms. The summed E-state index contributed by atoms with van der Waals surface area (Å²) in [4.78, 5) is 5.40. The molecule has 2 unspecified atom stereocenters. The first kappa shape index (κ1) is 25.9. The van der Waals surface area contributed by atoms with Gasteiger partial charge in [-0.3, -0.25) is 4.99 Å². The normalized spacial score (nSPS) is 18.2. The third-order valence-electron chi connectivity index (χ3n) is 10.7. The molecule has 0 saturated carbocycles. The average Bonchev–Trinajstić information content (AvgIpc) is 3.78. The molecule has 3 nitrogen and oxygen atoms in total. The van der Waals surface area contributed by atoms with E-state index in [0.717, 1.165) is 50.0 Å².